The van der Waals surface area contributed by atoms with Gasteiger partial charge in [0.15, 0.2) is 0 Å². The van der Waals surface area contributed by atoms with Gasteiger partial charge in [0.1, 0.15) is 0 Å². The highest BCUT2D eigenvalue weighted by Crippen LogP contribution is 2.40. The highest BCUT2D eigenvalue weighted by Gasteiger charge is 2.17. The summed E-state index contributed by atoms with van der Waals surface area (Å²) in [7, 11) is 0. The van der Waals surface area contributed by atoms with Crippen LogP contribution in [0.4, 0.5) is 0 Å². The van der Waals surface area contributed by atoms with Crippen LogP contribution in [0, 0.1) is 11.3 Å². The van der Waals surface area contributed by atoms with E-state index in [2.05, 4.69) is 114 Å². The minimum atomic E-state index is 0.663. The highest BCUT2D eigenvalue weighted by atomic mass is 14.9. The van der Waals surface area contributed by atoms with E-state index in [1.165, 1.54) is 43.7 Å². The van der Waals surface area contributed by atoms with Crippen LogP contribution in [0.3, 0.4) is 0 Å². The topological polar surface area (TPSA) is 28.2 Å². The van der Waals surface area contributed by atoms with Crippen LogP contribution < -0.4 is 0 Å². The fourth-order valence-electron chi connectivity index (χ4n) is 6.15. The van der Waals surface area contributed by atoms with Gasteiger partial charge >= 0.3 is 0 Å². The van der Waals surface area contributed by atoms with Gasteiger partial charge in [-0.3, -0.25) is 0 Å². The Morgan fingerprint density at radius 3 is 1.79 bits per heavy atom. The number of nitriles is 1. The number of aromatic nitrogens is 1. The van der Waals surface area contributed by atoms with Crippen molar-refractivity contribution in [1.29, 1.82) is 5.26 Å². The first-order valence-corrected chi connectivity index (χ1v) is 13.2. The minimum Gasteiger partial charge on any atom is -0.308 e. The van der Waals surface area contributed by atoms with Crippen molar-refractivity contribution in [1.82, 2.24) is 4.40 Å². The third-order valence-corrected chi connectivity index (χ3v) is 7.92. The molecule has 0 spiro atoms. The molecule has 0 unspecified atom stereocenters. The van der Waals surface area contributed by atoms with Gasteiger partial charge in [-0.05, 0) is 75.8 Å². The zero-order chi connectivity index (χ0) is 25.9. The molecule has 0 saturated heterocycles. The van der Waals surface area contributed by atoms with E-state index in [0.29, 0.717) is 5.56 Å². The molecule has 2 aromatic heterocycles. The van der Waals surface area contributed by atoms with Gasteiger partial charge in [-0.25, -0.2) is 0 Å². The molecule has 6 aromatic carbocycles. The molecule has 0 aliphatic carbocycles. The number of rotatable bonds is 3. The van der Waals surface area contributed by atoms with Crippen molar-refractivity contribution in [2.24, 2.45) is 0 Å². The molecule has 8 rings (SSSR count). The van der Waals surface area contributed by atoms with E-state index in [9.17, 15) is 5.26 Å². The van der Waals surface area contributed by atoms with Crippen LogP contribution in [0.2, 0.25) is 0 Å². The van der Waals surface area contributed by atoms with Gasteiger partial charge in [0.2, 0.25) is 0 Å². The highest BCUT2D eigenvalue weighted by molar-refractivity contribution is 6.23. The Balaban J connectivity index is 1.29. The zero-order valence-corrected chi connectivity index (χ0v) is 21.1. The Bertz CT molecular complexity index is 2230. The third kappa shape index (κ3) is 3.27. The van der Waals surface area contributed by atoms with Crippen LogP contribution in [-0.4, -0.2) is 4.40 Å². The van der Waals surface area contributed by atoms with Crippen molar-refractivity contribution in [2.45, 2.75) is 0 Å². The van der Waals surface area contributed by atoms with E-state index in [0.717, 1.165) is 27.8 Å². The second kappa shape index (κ2) is 8.31. The first-order valence-electron chi connectivity index (χ1n) is 13.2. The largest absolute Gasteiger partial charge is 0.308 e. The lowest BCUT2D eigenvalue weighted by Crippen LogP contribution is -1.87. The number of benzene rings is 6. The maximum absolute atomic E-state index is 9.74. The van der Waals surface area contributed by atoms with Crippen LogP contribution in [-0.2, 0) is 0 Å². The minimum absolute atomic E-state index is 0.663. The summed E-state index contributed by atoms with van der Waals surface area (Å²) in [4.78, 5) is 0. The first kappa shape index (κ1) is 21.7. The molecule has 2 heteroatoms. The summed E-state index contributed by atoms with van der Waals surface area (Å²) < 4.78 is 2.41. The third-order valence-electron chi connectivity index (χ3n) is 7.92. The summed E-state index contributed by atoms with van der Waals surface area (Å²) in [5, 5.41) is 14.9. The average molecular weight is 495 g/mol. The molecule has 0 atom stereocenters. The second-order valence-electron chi connectivity index (χ2n) is 10.1. The van der Waals surface area contributed by atoms with Crippen LogP contribution in [0.15, 0.2) is 133 Å². The quantitative estimate of drug-likeness (QED) is 0.240. The molecule has 0 aliphatic rings. The predicted octanol–water partition coefficient (Wildman–Crippen LogP) is 9.71. The molecule has 180 valence electrons. The molecular weight excluding hydrogens is 472 g/mol. The monoisotopic (exact) mass is 494 g/mol. The van der Waals surface area contributed by atoms with E-state index < -0.39 is 0 Å². The van der Waals surface area contributed by atoms with Crippen LogP contribution in [0.5, 0.6) is 0 Å². The number of para-hydroxylation sites is 2. The number of nitrogens with zero attached hydrogens (tertiary/aromatic N) is 2. The van der Waals surface area contributed by atoms with Gasteiger partial charge in [0.05, 0.1) is 28.2 Å². The van der Waals surface area contributed by atoms with Crippen LogP contribution >= 0.6 is 0 Å². The Labute approximate surface area is 226 Å². The number of hydrogen-bond donors (Lipinski definition) is 0. The molecule has 0 N–H and O–H groups in total. The smallest absolute Gasteiger partial charge is 0.0992 e. The van der Waals surface area contributed by atoms with Gasteiger partial charge in [-0.1, -0.05) is 91.0 Å². The molecule has 0 amide bonds. The maximum Gasteiger partial charge on any atom is 0.0992 e. The standard InChI is InChI=1S/C37H22N2/c38-23-24-18-29(25-8-2-1-3-9-25)21-30(19-24)27-11-6-10-26(20-27)28-16-17-36-34(22-28)33-14-7-13-32-31-12-4-5-15-35(31)39(36)37(32)33/h1-22H. The Morgan fingerprint density at radius 2 is 0.974 bits per heavy atom. The molecule has 0 radical (unpaired) electrons. The molecule has 2 nitrogen and oxygen atoms in total. The van der Waals surface area contributed by atoms with Crippen molar-refractivity contribution >= 4 is 38.1 Å². The molecule has 39 heavy (non-hydrogen) atoms. The average Bonchev–Trinajstić information content (AvgIpc) is 3.53. The van der Waals surface area contributed by atoms with Crippen molar-refractivity contribution in [3.05, 3.63) is 139 Å². The van der Waals surface area contributed by atoms with E-state index in [1.54, 1.807) is 0 Å². The lowest BCUT2D eigenvalue weighted by molar-refractivity contribution is 1.37. The Hall–Kier alpha value is -5.39. The van der Waals surface area contributed by atoms with E-state index >= 15 is 0 Å². The molecular formula is C37H22N2. The maximum atomic E-state index is 9.74. The number of fused-ring (bicyclic) bond motifs is 6. The molecule has 0 bridgehead atoms. The molecule has 2 heterocycles. The van der Waals surface area contributed by atoms with Crippen LogP contribution in [0.25, 0.3) is 71.5 Å². The summed E-state index contributed by atoms with van der Waals surface area (Å²) in [6.45, 7) is 0. The lowest BCUT2D eigenvalue weighted by atomic mass is 9.94. The Kier molecular flexibility index (Phi) is 4.62. The predicted molar refractivity (Wildman–Crippen MR) is 162 cm³/mol. The van der Waals surface area contributed by atoms with Crippen molar-refractivity contribution in [2.75, 3.05) is 0 Å². The van der Waals surface area contributed by atoms with E-state index in [1.807, 2.05) is 30.3 Å². The summed E-state index contributed by atoms with van der Waals surface area (Å²) in [5.74, 6) is 0. The van der Waals surface area contributed by atoms with E-state index in [-0.39, 0.29) is 0 Å². The summed E-state index contributed by atoms with van der Waals surface area (Å²) in [5.41, 5.74) is 11.1. The van der Waals surface area contributed by atoms with Gasteiger partial charge < -0.3 is 4.40 Å². The summed E-state index contributed by atoms with van der Waals surface area (Å²) in [6, 6.07) is 49.5. The van der Waals surface area contributed by atoms with Crippen LogP contribution in [0.1, 0.15) is 5.56 Å². The van der Waals surface area contributed by atoms with Crippen molar-refractivity contribution in [3.8, 4) is 39.4 Å². The normalized spacial score (nSPS) is 11.6. The second-order valence-corrected chi connectivity index (χ2v) is 10.1. The summed E-state index contributed by atoms with van der Waals surface area (Å²) in [6.07, 6.45) is 0. The fourth-order valence-corrected chi connectivity index (χ4v) is 6.15. The van der Waals surface area contributed by atoms with Crippen molar-refractivity contribution in [3.63, 3.8) is 0 Å². The fraction of sp³-hybridized carbons (Fsp3) is 0. The first-order chi connectivity index (χ1) is 19.3. The summed E-state index contributed by atoms with van der Waals surface area (Å²) >= 11 is 0. The Morgan fingerprint density at radius 1 is 0.410 bits per heavy atom. The van der Waals surface area contributed by atoms with Gasteiger partial charge in [-0.15, -0.1) is 0 Å². The molecule has 8 aromatic rings. The molecule has 0 saturated carbocycles. The van der Waals surface area contributed by atoms with E-state index in [4.69, 9.17) is 0 Å². The van der Waals surface area contributed by atoms with Gasteiger partial charge in [-0.2, -0.15) is 5.26 Å². The molecule has 0 aliphatic heterocycles. The van der Waals surface area contributed by atoms with Gasteiger partial charge in [0, 0.05) is 21.5 Å². The van der Waals surface area contributed by atoms with Crippen molar-refractivity contribution < 1.29 is 0 Å². The molecule has 0 fully saturated rings. The SMILES string of the molecule is N#Cc1cc(-c2ccccc2)cc(-c2cccc(-c3ccc4c(c3)c3cccc5c6ccccc6n4c53)c2)c1. The zero-order valence-electron chi connectivity index (χ0n) is 21.1. The number of hydrogen-bond acceptors (Lipinski definition) is 1. The van der Waals surface area contributed by atoms with Gasteiger partial charge in [0.25, 0.3) is 0 Å². The lowest BCUT2D eigenvalue weighted by Gasteiger charge is -2.10.